The van der Waals surface area contributed by atoms with Crippen LogP contribution in [0.2, 0.25) is 0 Å². The number of anilines is 2. The molecule has 3 N–H and O–H groups in total. The van der Waals surface area contributed by atoms with E-state index in [9.17, 15) is 0 Å². The van der Waals surface area contributed by atoms with E-state index in [-0.39, 0.29) is 0 Å². The first-order valence-corrected chi connectivity index (χ1v) is 6.04. The summed E-state index contributed by atoms with van der Waals surface area (Å²) in [6.45, 7) is 6.59. The molecule has 0 fully saturated rings. The Labute approximate surface area is 104 Å². The van der Waals surface area contributed by atoms with Crippen molar-refractivity contribution in [2.75, 3.05) is 11.1 Å². The second-order valence-corrected chi connectivity index (χ2v) is 4.92. The number of nitrogens with zero attached hydrogens (tertiary/aromatic N) is 1. The van der Waals surface area contributed by atoms with Crippen molar-refractivity contribution in [2.24, 2.45) is 5.92 Å². The summed E-state index contributed by atoms with van der Waals surface area (Å²) in [5.41, 5.74) is 8.43. The van der Waals surface area contributed by atoms with Crippen LogP contribution in [-0.4, -0.2) is 6.04 Å². The summed E-state index contributed by atoms with van der Waals surface area (Å²) in [5, 5.41) is 12.1. The maximum Gasteiger partial charge on any atom is 0.0670 e. The van der Waals surface area contributed by atoms with Crippen LogP contribution in [0.3, 0.4) is 0 Å². The highest BCUT2D eigenvalue weighted by Gasteiger charge is 2.06. The molecule has 1 atom stereocenters. The van der Waals surface area contributed by atoms with Gasteiger partial charge in [-0.1, -0.05) is 13.8 Å². The van der Waals surface area contributed by atoms with Gasteiger partial charge in [0.15, 0.2) is 0 Å². The second-order valence-electron chi connectivity index (χ2n) is 4.92. The van der Waals surface area contributed by atoms with Crippen molar-refractivity contribution >= 4 is 11.4 Å². The number of hydrogen-bond donors (Lipinski definition) is 2. The lowest BCUT2D eigenvalue weighted by molar-refractivity contribution is 0.540. The van der Waals surface area contributed by atoms with Gasteiger partial charge in [0.1, 0.15) is 0 Å². The van der Waals surface area contributed by atoms with E-state index >= 15 is 0 Å². The molecule has 17 heavy (non-hydrogen) atoms. The van der Waals surface area contributed by atoms with Gasteiger partial charge in [0.25, 0.3) is 0 Å². The van der Waals surface area contributed by atoms with Crippen LogP contribution in [0.15, 0.2) is 18.2 Å². The number of rotatable bonds is 5. The van der Waals surface area contributed by atoms with E-state index < -0.39 is 0 Å². The fraction of sp³-hybridized carbons (Fsp3) is 0.500. The van der Waals surface area contributed by atoms with Crippen LogP contribution in [0.25, 0.3) is 0 Å². The average molecular weight is 231 g/mol. The zero-order valence-electron chi connectivity index (χ0n) is 10.8. The van der Waals surface area contributed by atoms with E-state index in [1.165, 1.54) is 0 Å². The van der Waals surface area contributed by atoms with E-state index in [1.54, 1.807) is 0 Å². The zero-order chi connectivity index (χ0) is 12.8. The molecular formula is C14H21N3. The van der Waals surface area contributed by atoms with Gasteiger partial charge in [0, 0.05) is 17.4 Å². The molecule has 3 nitrogen and oxygen atoms in total. The molecule has 0 aliphatic carbocycles. The molecule has 0 aliphatic rings. The van der Waals surface area contributed by atoms with Crippen LogP contribution in [0.1, 0.15) is 32.8 Å². The van der Waals surface area contributed by atoms with E-state index in [4.69, 9.17) is 11.0 Å². The summed E-state index contributed by atoms with van der Waals surface area (Å²) in [6.07, 6.45) is 1.48. The van der Waals surface area contributed by atoms with Gasteiger partial charge in [-0.2, -0.15) is 5.26 Å². The van der Waals surface area contributed by atoms with Gasteiger partial charge in [-0.3, -0.25) is 0 Å². The first-order chi connectivity index (χ1) is 8.02. The highest BCUT2D eigenvalue weighted by Crippen LogP contribution is 2.20. The van der Waals surface area contributed by atoms with E-state index in [1.807, 2.05) is 18.2 Å². The van der Waals surface area contributed by atoms with Crippen LogP contribution < -0.4 is 11.1 Å². The van der Waals surface area contributed by atoms with Crippen molar-refractivity contribution < 1.29 is 0 Å². The molecule has 0 saturated heterocycles. The van der Waals surface area contributed by atoms with Crippen LogP contribution in [-0.2, 0) is 6.42 Å². The lowest BCUT2D eigenvalue weighted by atomic mass is 10.0. The third-order valence-corrected chi connectivity index (χ3v) is 2.65. The standard InChI is InChI=1S/C14H21N3/c1-10(2)8-11(3)17-13-4-5-14(16)12(9-13)6-7-15/h4-5,9-11,17H,6,8,16H2,1-3H3. The third kappa shape index (κ3) is 4.36. The molecular weight excluding hydrogens is 210 g/mol. The van der Waals surface area contributed by atoms with Gasteiger partial charge in [0.2, 0.25) is 0 Å². The Morgan fingerprint density at radius 2 is 2.06 bits per heavy atom. The Morgan fingerprint density at radius 3 is 2.65 bits per heavy atom. The van der Waals surface area contributed by atoms with E-state index in [0.29, 0.717) is 24.1 Å². The molecule has 0 heterocycles. The highest BCUT2D eigenvalue weighted by atomic mass is 14.9. The van der Waals surface area contributed by atoms with Gasteiger partial charge in [0.05, 0.1) is 12.5 Å². The zero-order valence-corrected chi connectivity index (χ0v) is 10.8. The van der Waals surface area contributed by atoms with Crippen molar-refractivity contribution in [1.82, 2.24) is 0 Å². The molecule has 0 aliphatic heterocycles. The van der Waals surface area contributed by atoms with Crippen LogP contribution >= 0.6 is 0 Å². The molecule has 1 unspecified atom stereocenters. The predicted molar refractivity (Wildman–Crippen MR) is 72.7 cm³/mol. The number of nitrogen functional groups attached to an aromatic ring is 1. The molecule has 0 amide bonds. The summed E-state index contributed by atoms with van der Waals surface area (Å²) in [4.78, 5) is 0. The number of nitriles is 1. The molecule has 0 bridgehead atoms. The summed E-state index contributed by atoms with van der Waals surface area (Å²) < 4.78 is 0. The number of benzene rings is 1. The largest absolute Gasteiger partial charge is 0.398 e. The van der Waals surface area contributed by atoms with Crippen molar-refractivity contribution in [3.05, 3.63) is 23.8 Å². The minimum atomic E-state index is 0.361. The van der Waals surface area contributed by atoms with Crippen LogP contribution in [0, 0.1) is 17.2 Å². The molecule has 0 saturated carbocycles. The first-order valence-electron chi connectivity index (χ1n) is 6.04. The van der Waals surface area contributed by atoms with E-state index in [0.717, 1.165) is 17.7 Å². The van der Waals surface area contributed by atoms with Crippen molar-refractivity contribution in [1.29, 1.82) is 5.26 Å². The fourth-order valence-corrected chi connectivity index (χ4v) is 1.98. The lowest BCUT2D eigenvalue weighted by Crippen LogP contribution is -2.17. The van der Waals surface area contributed by atoms with Crippen LogP contribution in [0.5, 0.6) is 0 Å². The van der Waals surface area contributed by atoms with E-state index in [2.05, 4.69) is 32.2 Å². The van der Waals surface area contributed by atoms with Crippen molar-refractivity contribution in [2.45, 2.75) is 39.7 Å². The Balaban J connectivity index is 2.72. The first kappa shape index (κ1) is 13.4. The molecule has 1 rings (SSSR count). The SMILES string of the molecule is CC(C)CC(C)Nc1ccc(N)c(CC#N)c1. The number of hydrogen-bond acceptors (Lipinski definition) is 3. The van der Waals surface area contributed by atoms with Gasteiger partial charge in [-0.05, 0) is 43.0 Å². The topological polar surface area (TPSA) is 61.8 Å². The maximum absolute atomic E-state index is 8.71. The van der Waals surface area contributed by atoms with Crippen molar-refractivity contribution in [3.63, 3.8) is 0 Å². The molecule has 0 spiro atoms. The van der Waals surface area contributed by atoms with Crippen molar-refractivity contribution in [3.8, 4) is 6.07 Å². The molecule has 0 radical (unpaired) electrons. The summed E-state index contributed by atoms with van der Waals surface area (Å²) >= 11 is 0. The maximum atomic E-state index is 8.71. The Kier molecular flexibility index (Phi) is 4.84. The Morgan fingerprint density at radius 1 is 1.35 bits per heavy atom. The normalized spacial score (nSPS) is 12.2. The molecule has 3 heteroatoms. The number of nitrogens with two attached hydrogens (primary N) is 1. The summed E-state index contributed by atoms with van der Waals surface area (Å²) in [6, 6.07) is 8.35. The average Bonchev–Trinajstić information content (AvgIpc) is 2.22. The summed E-state index contributed by atoms with van der Waals surface area (Å²) in [5.74, 6) is 0.671. The van der Waals surface area contributed by atoms with Gasteiger partial charge < -0.3 is 11.1 Å². The van der Waals surface area contributed by atoms with Gasteiger partial charge in [-0.25, -0.2) is 0 Å². The fourth-order valence-electron chi connectivity index (χ4n) is 1.98. The third-order valence-electron chi connectivity index (χ3n) is 2.65. The van der Waals surface area contributed by atoms with Gasteiger partial charge in [-0.15, -0.1) is 0 Å². The minimum absolute atomic E-state index is 0.361. The highest BCUT2D eigenvalue weighted by molar-refractivity contribution is 5.58. The smallest absolute Gasteiger partial charge is 0.0670 e. The van der Waals surface area contributed by atoms with Gasteiger partial charge >= 0.3 is 0 Å². The molecule has 1 aromatic carbocycles. The number of nitrogens with one attached hydrogen (secondary N) is 1. The Hall–Kier alpha value is -1.69. The quantitative estimate of drug-likeness (QED) is 0.765. The molecule has 0 aromatic heterocycles. The lowest BCUT2D eigenvalue weighted by Gasteiger charge is -2.18. The predicted octanol–water partition coefficient (Wildman–Crippen LogP) is 3.18. The minimum Gasteiger partial charge on any atom is -0.398 e. The molecule has 1 aromatic rings. The van der Waals surface area contributed by atoms with Crippen LogP contribution in [0.4, 0.5) is 11.4 Å². The second kappa shape index (κ2) is 6.15. The molecule has 92 valence electrons. The monoisotopic (exact) mass is 231 g/mol. The Bertz CT molecular complexity index is 404. The summed E-state index contributed by atoms with van der Waals surface area (Å²) in [7, 11) is 0.